The number of hydrogen-bond acceptors (Lipinski definition) is 4. The highest BCUT2D eigenvalue weighted by molar-refractivity contribution is 5.81. The van der Waals surface area contributed by atoms with Crippen molar-refractivity contribution in [3.8, 4) is 5.75 Å². The Hall–Kier alpha value is -1.80. The number of hydrogen-bond donors (Lipinski definition) is 1. The Bertz CT molecular complexity index is 504. The van der Waals surface area contributed by atoms with Crippen molar-refractivity contribution >= 4 is 5.91 Å². The molecule has 0 bridgehead atoms. The first-order valence-electron chi connectivity index (χ1n) is 6.91. The topological polar surface area (TPSA) is 59.0 Å². The third-order valence-electron chi connectivity index (χ3n) is 3.34. The van der Waals surface area contributed by atoms with Crippen LogP contribution in [0.1, 0.15) is 12.5 Å². The summed E-state index contributed by atoms with van der Waals surface area (Å²) < 4.78 is 47.1. The van der Waals surface area contributed by atoms with Crippen molar-refractivity contribution in [3.63, 3.8) is 0 Å². The zero-order valence-electron chi connectivity index (χ0n) is 13.1. The highest BCUT2D eigenvalue weighted by Gasteiger charge is 2.42. The summed E-state index contributed by atoms with van der Waals surface area (Å²) in [6.07, 6.45) is -5.63. The summed E-state index contributed by atoms with van der Waals surface area (Å²) in [5, 5.41) is 9.20. The van der Waals surface area contributed by atoms with Crippen molar-refractivity contribution in [3.05, 3.63) is 29.8 Å². The van der Waals surface area contributed by atoms with Crippen molar-refractivity contribution in [2.75, 3.05) is 20.8 Å². The number of aliphatic hydroxyl groups excluding tert-OH is 1. The van der Waals surface area contributed by atoms with Crippen LogP contribution in [0, 0.1) is 0 Å². The molecule has 0 saturated carbocycles. The van der Waals surface area contributed by atoms with Crippen LogP contribution in [-0.4, -0.2) is 55.2 Å². The minimum absolute atomic E-state index is 0.0327. The molecule has 5 nitrogen and oxygen atoms in total. The van der Waals surface area contributed by atoms with Crippen LogP contribution in [0.15, 0.2) is 24.3 Å². The molecule has 130 valence electrons. The summed E-state index contributed by atoms with van der Waals surface area (Å²) in [6, 6.07) is 6.05. The van der Waals surface area contributed by atoms with Gasteiger partial charge in [-0.05, 0) is 31.0 Å². The molecule has 0 heterocycles. The third kappa shape index (κ3) is 6.07. The van der Waals surface area contributed by atoms with Crippen LogP contribution in [0.2, 0.25) is 0 Å². The third-order valence-corrected chi connectivity index (χ3v) is 3.34. The lowest BCUT2D eigenvalue weighted by molar-refractivity contribution is -0.185. The lowest BCUT2D eigenvalue weighted by atomic mass is 10.1. The van der Waals surface area contributed by atoms with Crippen LogP contribution in [-0.2, 0) is 16.0 Å². The van der Waals surface area contributed by atoms with Gasteiger partial charge in [0.15, 0.2) is 6.29 Å². The number of halogens is 3. The Kier molecular flexibility index (Phi) is 6.83. The van der Waals surface area contributed by atoms with Gasteiger partial charge in [0.1, 0.15) is 12.4 Å². The van der Waals surface area contributed by atoms with Crippen LogP contribution in [0.5, 0.6) is 5.75 Å². The van der Waals surface area contributed by atoms with Crippen molar-refractivity contribution in [1.29, 1.82) is 0 Å². The fourth-order valence-electron chi connectivity index (χ4n) is 1.84. The van der Waals surface area contributed by atoms with Gasteiger partial charge in [0, 0.05) is 20.2 Å². The molecule has 1 amide bonds. The predicted octanol–water partition coefficient (Wildman–Crippen LogP) is 1.98. The van der Waals surface area contributed by atoms with Gasteiger partial charge in [-0.2, -0.15) is 13.2 Å². The van der Waals surface area contributed by atoms with Gasteiger partial charge in [0.25, 0.3) is 0 Å². The van der Waals surface area contributed by atoms with Crippen LogP contribution in [0.4, 0.5) is 13.2 Å². The molecule has 0 spiro atoms. The van der Waals surface area contributed by atoms with E-state index in [0.29, 0.717) is 10.6 Å². The van der Waals surface area contributed by atoms with E-state index in [4.69, 9.17) is 4.74 Å². The van der Waals surface area contributed by atoms with Crippen LogP contribution in [0.25, 0.3) is 0 Å². The molecule has 2 atom stereocenters. The lowest BCUT2D eigenvalue weighted by Gasteiger charge is -2.25. The molecule has 0 aromatic heterocycles. The maximum absolute atomic E-state index is 12.4. The van der Waals surface area contributed by atoms with Gasteiger partial charge in [-0.25, -0.2) is 0 Å². The number of likely N-dealkylation sites (N-methyl/N-ethyl adjacent to an activating group) is 1. The molecular weight excluding hydrogens is 315 g/mol. The van der Waals surface area contributed by atoms with Gasteiger partial charge in [0.05, 0.1) is 0 Å². The van der Waals surface area contributed by atoms with Crippen molar-refractivity contribution in [2.24, 2.45) is 0 Å². The van der Waals surface area contributed by atoms with E-state index >= 15 is 0 Å². The monoisotopic (exact) mass is 335 g/mol. The Labute approximate surface area is 132 Å². The SMILES string of the molecule is COC(O)COc1ccc(CC(C)N(C)C(=O)C(F)(F)F)cc1. The fraction of sp³-hybridized carbons (Fsp3) is 0.533. The number of alkyl halides is 3. The summed E-state index contributed by atoms with van der Waals surface area (Å²) in [4.78, 5) is 11.9. The van der Waals surface area contributed by atoms with E-state index < -0.39 is 24.4 Å². The van der Waals surface area contributed by atoms with E-state index in [2.05, 4.69) is 4.74 Å². The maximum Gasteiger partial charge on any atom is 0.471 e. The van der Waals surface area contributed by atoms with E-state index in [1.54, 1.807) is 31.2 Å². The summed E-state index contributed by atoms with van der Waals surface area (Å²) >= 11 is 0. The molecule has 0 saturated heterocycles. The normalized spacial score (nSPS) is 14.2. The molecule has 8 heteroatoms. The van der Waals surface area contributed by atoms with Gasteiger partial charge < -0.3 is 19.5 Å². The summed E-state index contributed by atoms with van der Waals surface area (Å²) in [5.74, 6) is -1.37. The quantitative estimate of drug-likeness (QED) is 0.774. The van der Waals surface area contributed by atoms with Crippen molar-refractivity contribution in [2.45, 2.75) is 31.9 Å². The van der Waals surface area contributed by atoms with E-state index in [-0.39, 0.29) is 13.0 Å². The van der Waals surface area contributed by atoms with Crippen LogP contribution < -0.4 is 4.74 Å². The molecule has 0 fully saturated rings. The Balaban J connectivity index is 2.59. The van der Waals surface area contributed by atoms with Gasteiger partial charge in [-0.1, -0.05) is 12.1 Å². The zero-order valence-corrected chi connectivity index (χ0v) is 13.1. The summed E-state index contributed by atoms with van der Waals surface area (Å²) in [7, 11) is 2.47. The molecule has 0 aliphatic rings. The number of benzene rings is 1. The standard InChI is InChI=1S/C15H20F3NO4/c1-10(19(2)14(21)15(16,17)18)8-11-4-6-12(7-5-11)23-9-13(20)22-3/h4-7,10,13,20H,8-9H2,1-3H3. The largest absolute Gasteiger partial charge is 0.488 e. The fourth-order valence-corrected chi connectivity index (χ4v) is 1.84. The number of nitrogens with zero attached hydrogens (tertiary/aromatic N) is 1. The van der Waals surface area contributed by atoms with Crippen molar-refractivity contribution in [1.82, 2.24) is 4.90 Å². The first-order chi connectivity index (χ1) is 10.6. The average Bonchev–Trinajstić information content (AvgIpc) is 2.51. The molecule has 23 heavy (non-hydrogen) atoms. The van der Waals surface area contributed by atoms with Crippen LogP contribution in [0.3, 0.4) is 0 Å². The minimum atomic E-state index is -4.87. The molecule has 1 aromatic carbocycles. The van der Waals surface area contributed by atoms with Crippen LogP contribution >= 0.6 is 0 Å². The molecule has 0 aliphatic carbocycles. The second-order valence-corrected chi connectivity index (χ2v) is 5.11. The Morgan fingerprint density at radius 3 is 2.35 bits per heavy atom. The number of carbonyl (C=O) groups excluding carboxylic acids is 1. The highest BCUT2D eigenvalue weighted by atomic mass is 19.4. The molecule has 1 aromatic rings. The first-order valence-corrected chi connectivity index (χ1v) is 6.91. The molecule has 1 rings (SSSR count). The molecule has 0 aliphatic heterocycles. The first kappa shape index (κ1) is 19.2. The van der Waals surface area contributed by atoms with Gasteiger partial charge in [-0.3, -0.25) is 4.79 Å². The van der Waals surface area contributed by atoms with Crippen molar-refractivity contribution < 1.29 is 32.5 Å². The number of methoxy groups -OCH3 is 1. The molecule has 2 unspecified atom stereocenters. The van der Waals surface area contributed by atoms with Gasteiger partial charge in [-0.15, -0.1) is 0 Å². The van der Waals surface area contributed by atoms with Gasteiger partial charge >= 0.3 is 12.1 Å². The van der Waals surface area contributed by atoms with E-state index in [0.717, 1.165) is 12.6 Å². The molecule has 0 radical (unpaired) electrons. The second-order valence-electron chi connectivity index (χ2n) is 5.11. The smallest absolute Gasteiger partial charge is 0.471 e. The second kappa shape index (κ2) is 8.16. The number of carbonyl (C=O) groups is 1. The highest BCUT2D eigenvalue weighted by Crippen LogP contribution is 2.20. The summed E-state index contributed by atoms with van der Waals surface area (Å²) in [5.41, 5.74) is 0.763. The summed E-state index contributed by atoms with van der Waals surface area (Å²) in [6.45, 7) is 1.51. The number of amides is 1. The average molecular weight is 335 g/mol. The Morgan fingerprint density at radius 2 is 1.87 bits per heavy atom. The lowest BCUT2D eigenvalue weighted by Crippen LogP contribution is -2.44. The van der Waals surface area contributed by atoms with E-state index in [1.165, 1.54) is 7.11 Å². The number of ether oxygens (including phenoxy) is 2. The maximum atomic E-state index is 12.4. The molecular formula is C15H20F3NO4. The van der Waals surface area contributed by atoms with E-state index in [9.17, 15) is 23.1 Å². The molecule has 1 N–H and O–H groups in total. The van der Waals surface area contributed by atoms with Gasteiger partial charge in [0.2, 0.25) is 0 Å². The van der Waals surface area contributed by atoms with E-state index in [1.807, 2.05) is 0 Å². The zero-order chi connectivity index (χ0) is 17.6. The predicted molar refractivity (Wildman–Crippen MR) is 76.9 cm³/mol. The minimum Gasteiger partial charge on any atom is -0.488 e. The Morgan fingerprint density at radius 1 is 1.30 bits per heavy atom. The number of rotatable bonds is 7. The number of aliphatic hydroxyl groups is 1.